The fourth-order valence-corrected chi connectivity index (χ4v) is 6.42. The van der Waals surface area contributed by atoms with E-state index in [-0.39, 0.29) is 12.3 Å². The van der Waals surface area contributed by atoms with Crippen LogP contribution >= 0.6 is 0 Å². The first-order chi connectivity index (χ1) is 28.8. The molecule has 1 amide bonds. The van der Waals surface area contributed by atoms with Gasteiger partial charge in [-0.25, -0.2) is 0 Å². The van der Waals surface area contributed by atoms with E-state index >= 15 is 0 Å². The van der Waals surface area contributed by atoms with Gasteiger partial charge in [-0.3, -0.25) is 24.2 Å². The molecular weight excluding hydrogens is 759 g/mol. The molecule has 0 aliphatic rings. The van der Waals surface area contributed by atoms with Crippen LogP contribution in [-0.2, 0) is 64.0 Å². The summed E-state index contributed by atoms with van der Waals surface area (Å²) >= 11 is 0. The second-order valence-electron chi connectivity index (χ2n) is 14.3. The Hall–Kier alpha value is -4.09. The highest BCUT2D eigenvalue weighted by atomic mass is 16.6. The summed E-state index contributed by atoms with van der Waals surface area (Å²) < 4.78 is 28.4. The van der Waals surface area contributed by atoms with Crippen molar-refractivity contribution in [2.45, 2.75) is 83.5 Å². The number of hydrogen-bond acceptors (Lipinski definition) is 13. The van der Waals surface area contributed by atoms with Gasteiger partial charge in [-0.2, -0.15) is 0 Å². The molecule has 2 atom stereocenters. The molecule has 0 aromatic heterocycles. The maximum Gasteiger partial charge on any atom is 0.219 e. The van der Waals surface area contributed by atoms with Crippen LogP contribution in [0, 0.1) is 0 Å². The van der Waals surface area contributed by atoms with Crippen molar-refractivity contribution in [1.29, 1.82) is 0 Å². The zero-order chi connectivity index (χ0) is 42.9. The van der Waals surface area contributed by atoms with E-state index < -0.39 is 6.04 Å². The Labute approximate surface area is 351 Å². The number of oxime groups is 1. The summed E-state index contributed by atoms with van der Waals surface area (Å²) in [5.74, 6) is -0.114. The first-order valence-corrected chi connectivity index (χ1v) is 20.7. The molecule has 3 N–H and O–H groups in total. The van der Waals surface area contributed by atoms with Crippen molar-refractivity contribution in [2.75, 3.05) is 93.8 Å². The second kappa shape index (κ2) is 32.7. The summed E-state index contributed by atoms with van der Waals surface area (Å²) in [4.78, 5) is 56.3. The van der Waals surface area contributed by atoms with Crippen molar-refractivity contribution in [3.63, 3.8) is 0 Å². The summed E-state index contributed by atoms with van der Waals surface area (Å²) in [5, 5.41) is 6.16. The molecule has 59 heavy (non-hydrogen) atoms. The molecule has 0 spiro atoms. The summed E-state index contributed by atoms with van der Waals surface area (Å²) in [7, 11) is 5.48. The number of nitrogens with zero attached hydrogens (tertiary/aromatic N) is 3. The molecule has 0 radical (unpaired) electrons. The molecule has 2 aromatic rings. The molecule has 0 saturated heterocycles. The summed E-state index contributed by atoms with van der Waals surface area (Å²) in [5.41, 5.74) is 10.7. The Kier molecular flexibility index (Phi) is 28.3. The predicted molar refractivity (Wildman–Crippen MR) is 228 cm³/mol. The van der Waals surface area contributed by atoms with Crippen molar-refractivity contribution in [2.24, 2.45) is 10.9 Å². The number of hydrogen-bond donors (Lipinski definition) is 2. The Morgan fingerprint density at radius 2 is 1.17 bits per heavy atom. The molecule has 0 aliphatic carbocycles. The Balaban J connectivity index is 1.51. The fraction of sp³-hybridized carbons (Fsp3) is 0.614. The van der Waals surface area contributed by atoms with Gasteiger partial charge in [-0.05, 0) is 88.2 Å². The lowest BCUT2D eigenvalue weighted by Gasteiger charge is -2.26. The quantitative estimate of drug-likeness (QED) is 0.0329. The average Bonchev–Trinajstić information content (AvgIpc) is 3.25. The zero-order valence-corrected chi connectivity index (χ0v) is 35.8. The van der Waals surface area contributed by atoms with Gasteiger partial charge in [0.1, 0.15) is 31.8 Å². The SMILES string of the molecule is CNC(=O)CCC(C=O)N(C)Cc1c(C=O)cccc1CCCOCCOCCOCCOCCOCCCc1cccc(C=O)c1CN(C)C(C)CCCO/N=C/N. The van der Waals surface area contributed by atoms with Gasteiger partial charge in [0.15, 0.2) is 0 Å². The minimum absolute atomic E-state index is 0.114. The van der Waals surface area contributed by atoms with E-state index in [1.165, 1.54) is 0 Å². The number of benzene rings is 2. The van der Waals surface area contributed by atoms with Crippen LogP contribution in [0.3, 0.4) is 0 Å². The average molecular weight is 828 g/mol. The van der Waals surface area contributed by atoms with Crippen LogP contribution < -0.4 is 11.1 Å². The van der Waals surface area contributed by atoms with Crippen molar-refractivity contribution in [1.82, 2.24) is 15.1 Å². The minimum Gasteiger partial charge on any atom is -0.395 e. The third kappa shape index (κ3) is 21.7. The van der Waals surface area contributed by atoms with Crippen LogP contribution in [0.5, 0.6) is 0 Å². The number of aldehydes is 3. The van der Waals surface area contributed by atoms with E-state index in [2.05, 4.69) is 35.4 Å². The van der Waals surface area contributed by atoms with Gasteiger partial charge in [0, 0.05) is 56.9 Å². The Morgan fingerprint density at radius 3 is 1.61 bits per heavy atom. The Morgan fingerprint density at radius 1 is 0.695 bits per heavy atom. The number of rotatable bonds is 37. The van der Waals surface area contributed by atoms with Gasteiger partial charge >= 0.3 is 0 Å². The Bertz CT molecular complexity index is 1500. The standard InChI is InChI=1S/C44H69N5O10/c1-36(10-7-21-59-47-35-45)48(3)30-42-37(11-5-13-39(42)32-50)15-8-19-54-22-24-56-26-28-58-29-27-57-25-23-55-20-9-16-38-12-6-14-40(33-51)43(38)31-49(4)41(34-52)17-18-44(53)46-2/h5-6,11-14,32-36,41H,7-10,15-31H2,1-4H3,(H2,45,47)(H,46,53). The molecule has 2 rings (SSSR count). The van der Waals surface area contributed by atoms with E-state index in [9.17, 15) is 19.2 Å². The minimum atomic E-state index is -0.430. The van der Waals surface area contributed by atoms with Crippen LogP contribution in [0.15, 0.2) is 41.6 Å². The van der Waals surface area contributed by atoms with Gasteiger partial charge in [0.2, 0.25) is 5.91 Å². The lowest BCUT2D eigenvalue weighted by molar-refractivity contribution is -0.121. The maximum absolute atomic E-state index is 11.8. The van der Waals surface area contributed by atoms with Gasteiger partial charge in [-0.15, -0.1) is 0 Å². The number of nitrogens with one attached hydrogen (secondary N) is 1. The maximum atomic E-state index is 11.8. The van der Waals surface area contributed by atoms with Crippen LogP contribution in [0.2, 0.25) is 0 Å². The molecule has 0 fully saturated rings. The second-order valence-corrected chi connectivity index (χ2v) is 14.3. The molecule has 2 aromatic carbocycles. The first-order valence-electron chi connectivity index (χ1n) is 20.7. The van der Waals surface area contributed by atoms with E-state index in [4.69, 9.17) is 34.3 Å². The number of aryl methyl sites for hydroxylation is 2. The van der Waals surface area contributed by atoms with E-state index in [0.29, 0.717) is 104 Å². The highest BCUT2D eigenvalue weighted by molar-refractivity contribution is 5.78. The first kappa shape index (κ1) is 51.1. The third-order valence-electron chi connectivity index (χ3n) is 10.1. The summed E-state index contributed by atoms with van der Waals surface area (Å²) in [6.07, 6.45) is 9.38. The van der Waals surface area contributed by atoms with Crippen LogP contribution in [0.4, 0.5) is 0 Å². The van der Waals surface area contributed by atoms with Crippen LogP contribution in [-0.4, -0.2) is 147 Å². The summed E-state index contributed by atoms with van der Waals surface area (Å²) in [6, 6.07) is 11.4. The van der Waals surface area contributed by atoms with E-state index in [0.717, 1.165) is 91.5 Å². The number of carbonyl (C=O) groups is 4. The predicted octanol–water partition coefficient (Wildman–Crippen LogP) is 4.00. The third-order valence-corrected chi connectivity index (χ3v) is 10.1. The number of amides is 1. The molecule has 0 saturated carbocycles. The highest BCUT2D eigenvalue weighted by Crippen LogP contribution is 2.21. The van der Waals surface area contributed by atoms with Gasteiger partial charge in [-0.1, -0.05) is 41.6 Å². The largest absolute Gasteiger partial charge is 0.395 e. The monoisotopic (exact) mass is 828 g/mol. The van der Waals surface area contributed by atoms with Gasteiger partial charge in [0.25, 0.3) is 0 Å². The number of ether oxygens (including phenoxy) is 5. The number of likely N-dealkylation sites (N-methyl/N-ethyl adjacent to an activating group) is 1. The van der Waals surface area contributed by atoms with Crippen molar-refractivity contribution < 1.29 is 47.7 Å². The van der Waals surface area contributed by atoms with E-state index in [1.807, 2.05) is 36.2 Å². The molecule has 15 heteroatoms. The van der Waals surface area contributed by atoms with Crippen molar-refractivity contribution in [3.8, 4) is 0 Å². The van der Waals surface area contributed by atoms with E-state index in [1.54, 1.807) is 13.1 Å². The van der Waals surface area contributed by atoms with Gasteiger partial charge < -0.3 is 44.4 Å². The number of carbonyl (C=O) groups excluding carboxylic acids is 4. The normalized spacial score (nSPS) is 12.6. The molecule has 0 aliphatic heterocycles. The highest BCUT2D eigenvalue weighted by Gasteiger charge is 2.19. The molecular formula is C44H69N5O10. The smallest absolute Gasteiger partial charge is 0.219 e. The van der Waals surface area contributed by atoms with Crippen molar-refractivity contribution in [3.05, 3.63) is 69.8 Å². The molecule has 0 heterocycles. The fourth-order valence-electron chi connectivity index (χ4n) is 6.42. The van der Waals surface area contributed by atoms with Gasteiger partial charge in [0.05, 0.1) is 58.9 Å². The zero-order valence-electron chi connectivity index (χ0n) is 35.8. The van der Waals surface area contributed by atoms with Crippen LogP contribution in [0.25, 0.3) is 0 Å². The summed E-state index contributed by atoms with van der Waals surface area (Å²) in [6.45, 7) is 8.70. The number of nitrogens with two attached hydrogens (primary N) is 1. The van der Waals surface area contributed by atoms with Crippen LogP contribution in [0.1, 0.15) is 88.4 Å². The molecule has 2 unspecified atom stereocenters. The van der Waals surface area contributed by atoms with Crippen molar-refractivity contribution >= 4 is 31.1 Å². The molecule has 330 valence electrons. The topological polar surface area (TPSA) is 181 Å². The lowest BCUT2D eigenvalue weighted by Crippen LogP contribution is -2.34. The lowest BCUT2D eigenvalue weighted by atomic mass is 9.97. The molecule has 15 nitrogen and oxygen atoms in total. The molecule has 0 bridgehead atoms.